The van der Waals surface area contributed by atoms with Crippen molar-refractivity contribution in [1.82, 2.24) is 0 Å². The van der Waals surface area contributed by atoms with Crippen LogP contribution in [0.4, 0.5) is 5.69 Å². The van der Waals surface area contributed by atoms with Crippen LogP contribution in [0, 0.1) is 0 Å². The molecule has 4 nitrogen and oxygen atoms in total. The second kappa shape index (κ2) is 7.58. The largest absolute Gasteiger partial charge is 0.482 e. The molecule has 0 bridgehead atoms. The quantitative estimate of drug-likeness (QED) is 0.551. The number of unbranched alkanes of at least 4 members (excludes halogenated alkanes) is 1. The first-order valence-electron chi connectivity index (χ1n) is 6.19. The Kier molecular flexibility index (Phi) is 6.05. The van der Waals surface area contributed by atoms with E-state index >= 15 is 0 Å². The molecular weight excluding hydrogens is 230 g/mol. The lowest BCUT2D eigenvalue weighted by Gasteiger charge is -2.13. The molecule has 0 aliphatic rings. The van der Waals surface area contributed by atoms with Gasteiger partial charge in [-0.2, -0.15) is 0 Å². The highest BCUT2D eigenvalue weighted by Crippen LogP contribution is 2.19. The zero-order valence-corrected chi connectivity index (χ0v) is 11.3. The summed E-state index contributed by atoms with van der Waals surface area (Å²) in [5, 5.41) is 0. The number of carbonyl (C=O) groups is 1. The fraction of sp³-hybridized carbons (Fsp3) is 0.500. The number of ether oxygens (including phenoxy) is 2. The highest BCUT2D eigenvalue weighted by molar-refractivity contribution is 5.71. The molecule has 1 rings (SSSR count). The smallest absolute Gasteiger partial charge is 0.344 e. The molecular formula is C14H21NO3. The van der Waals surface area contributed by atoms with Crippen molar-refractivity contribution < 1.29 is 14.3 Å². The second-order valence-electron chi connectivity index (χ2n) is 4.25. The molecule has 0 fully saturated rings. The number of esters is 1. The Hall–Kier alpha value is -1.71. The molecule has 1 aromatic rings. The van der Waals surface area contributed by atoms with Gasteiger partial charge in [-0.15, -0.1) is 0 Å². The van der Waals surface area contributed by atoms with Gasteiger partial charge in [0.05, 0.1) is 6.61 Å². The van der Waals surface area contributed by atoms with Crippen molar-refractivity contribution in [3.05, 3.63) is 24.3 Å². The van der Waals surface area contributed by atoms with Crippen LogP contribution in [0.1, 0.15) is 19.8 Å². The van der Waals surface area contributed by atoms with E-state index in [1.54, 1.807) is 0 Å². The molecule has 0 spiro atoms. The first-order valence-corrected chi connectivity index (χ1v) is 6.19. The van der Waals surface area contributed by atoms with Gasteiger partial charge < -0.3 is 14.4 Å². The molecule has 0 heterocycles. The number of carbonyl (C=O) groups excluding carboxylic acids is 1. The molecule has 0 N–H and O–H groups in total. The molecule has 0 atom stereocenters. The lowest BCUT2D eigenvalue weighted by atomic mass is 10.3. The van der Waals surface area contributed by atoms with E-state index in [0.717, 1.165) is 18.5 Å². The van der Waals surface area contributed by atoms with Gasteiger partial charge in [0.25, 0.3) is 0 Å². The van der Waals surface area contributed by atoms with Gasteiger partial charge in [0.2, 0.25) is 0 Å². The number of hydrogen-bond donors (Lipinski definition) is 0. The summed E-state index contributed by atoms with van der Waals surface area (Å²) in [4.78, 5) is 13.3. The van der Waals surface area contributed by atoms with Crippen LogP contribution in [0.3, 0.4) is 0 Å². The topological polar surface area (TPSA) is 38.8 Å². The summed E-state index contributed by atoms with van der Waals surface area (Å²) in [5.41, 5.74) is 1.03. The van der Waals surface area contributed by atoms with Crippen LogP contribution in [0.25, 0.3) is 0 Å². The van der Waals surface area contributed by atoms with Crippen molar-refractivity contribution >= 4 is 11.7 Å². The van der Waals surface area contributed by atoms with E-state index in [9.17, 15) is 4.79 Å². The van der Waals surface area contributed by atoms with Crippen LogP contribution in [-0.2, 0) is 9.53 Å². The Morgan fingerprint density at radius 1 is 1.33 bits per heavy atom. The van der Waals surface area contributed by atoms with Crippen LogP contribution in [0.2, 0.25) is 0 Å². The molecule has 0 radical (unpaired) electrons. The Labute approximate surface area is 108 Å². The first kappa shape index (κ1) is 14.4. The van der Waals surface area contributed by atoms with Gasteiger partial charge in [0.1, 0.15) is 5.75 Å². The summed E-state index contributed by atoms with van der Waals surface area (Å²) in [7, 11) is 3.91. The van der Waals surface area contributed by atoms with E-state index in [-0.39, 0.29) is 12.6 Å². The molecule has 0 aliphatic carbocycles. The standard InChI is InChI=1S/C14H21NO3/c1-4-5-9-17-14(16)11-18-13-8-6-7-12(10-13)15(2)3/h6-8,10H,4-5,9,11H2,1-3H3. The second-order valence-corrected chi connectivity index (χ2v) is 4.25. The predicted octanol–water partition coefficient (Wildman–Crippen LogP) is 2.47. The van der Waals surface area contributed by atoms with E-state index in [4.69, 9.17) is 9.47 Å². The Morgan fingerprint density at radius 2 is 2.11 bits per heavy atom. The average Bonchev–Trinajstić information content (AvgIpc) is 2.37. The van der Waals surface area contributed by atoms with Crippen molar-refractivity contribution in [1.29, 1.82) is 0 Å². The zero-order valence-electron chi connectivity index (χ0n) is 11.3. The fourth-order valence-corrected chi connectivity index (χ4v) is 1.37. The van der Waals surface area contributed by atoms with Crippen LogP contribution in [0.15, 0.2) is 24.3 Å². The summed E-state index contributed by atoms with van der Waals surface area (Å²) in [6.45, 7) is 2.48. The van der Waals surface area contributed by atoms with E-state index in [1.807, 2.05) is 43.3 Å². The summed E-state index contributed by atoms with van der Waals surface area (Å²) < 4.78 is 10.4. The SMILES string of the molecule is CCCCOC(=O)COc1cccc(N(C)C)c1. The van der Waals surface area contributed by atoms with Gasteiger partial charge in [0, 0.05) is 25.8 Å². The number of hydrogen-bond acceptors (Lipinski definition) is 4. The third-order valence-electron chi connectivity index (χ3n) is 2.45. The third kappa shape index (κ3) is 5.08. The Morgan fingerprint density at radius 3 is 2.78 bits per heavy atom. The van der Waals surface area contributed by atoms with Gasteiger partial charge >= 0.3 is 5.97 Å². The third-order valence-corrected chi connectivity index (χ3v) is 2.45. The molecule has 0 saturated carbocycles. The molecule has 0 aliphatic heterocycles. The highest BCUT2D eigenvalue weighted by atomic mass is 16.6. The minimum atomic E-state index is -0.321. The average molecular weight is 251 g/mol. The Balaban J connectivity index is 2.38. The summed E-state index contributed by atoms with van der Waals surface area (Å²) >= 11 is 0. The van der Waals surface area contributed by atoms with Gasteiger partial charge in [0.15, 0.2) is 6.61 Å². The van der Waals surface area contributed by atoms with Crippen LogP contribution < -0.4 is 9.64 Å². The molecule has 0 amide bonds. The van der Waals surface area contributed by atoms with E-state index in [1.165, 1.54) is 0 Å². The van der Waals surface area contributed by atoms with E-state index in [0.29, 0.717) is 12.4 Å². The zero-order chi connectivity index (χ0) is 13.4. The molecule has 18 heavy (non-hydrogen) atoms. The molecule has 4 heteroatoms. The lowest BCUT2D eigenvalue weighted by Crippen LogP contribution is -2.15. The normalized spacial score (nSPS) is 9.94. The van der Waals surface area contributed by atoms with Crippen molar-refractivity contribution in [2.75, 3.05) is 32.2 Å². The number of anilines is 1. The molecule has 100 valence electrons. The van der Waals surface area contributed by atoms with Gasteiger partial charge in [-0.3, -0.25) is 0 Å². The number of benzene rings is 1. The number of rotatable bonds is 7. The maximum Gasteiger partial charge on any atom is 0.344 e. The van der Waals surface area contributed by atoms with E-state index < -0.39 is 0 Å². The first-order chi connectivity index (χ1) is 8.63. The van der Waals surface area contributed by atoms with E-state index in [2.05, 4.69) is 6.92 Å². The maximum absolute atomic E-state index is 11.4. The summed E-state index contributed by atoms with van der Waals surface area (Å²) in [6.07, 6.45) is 1.90. The predicted molar refractivity (Wildman–Crippen MR) is 72.1 cm³/mol. The number of nitrogens with zero attached hydrogens (tertiary/aromatic N) is 1. The minimum Gasteiger partial charge on any atom is -0.482 e. The van der Waals surface area contributed by atoms with Crippen molar-refractivity contribution in [2.24, 2.45) is 0 Å². The molecule has 1 aromatic carbocycles. The van der Waals surface area contributed by atoms with Gasteiger partial charge in [-0.1, -0.05) is 19.4 Å². The van der Waals surface area contributed by atoms with Crippen molar-refractivity contribution in [3.63, 3.8) is 0 Å². The summed E-state index contributed by atoms with van der Waals surface area (Å²) in [5.74, 6) is 0.354. The minimum absolute atomic E-state index is 0.0411. The highest BCUT2D eigenvalue weighted by Gasteiger charge is 2.04. The fourth-order valence-electron chi connectivity index (χ4n) is 1.37. The van der Waals surface area contributed by atoms with Crippen molar-refractivity contribution in [3.8, 4) is 5.75 Å². The van der Waals surface area contributed by atoms with Crippen LogP contribution in [-0.4, -0.2) is 33.3 Å². The monoisotopic (exact) mass is 251 g/mol. The van der Waals surface area contributed by atoms with Crippen LogP contribution in [0.5, 0.6) is 5.75 Å². The van der Waals surface area contributed by atoms with Crippen LogP contribution >= 0.6 is 0 Å². The van der Waals surface area contributed by atoms with Gasteiger partial charge in [-0.25, -0.2) is 4.79 Å². The Bertz CT molecular complexity index is 377. The molecule has 0 saturated heterocycles. The molecule has 0 aromatic heterocycles. The van der Waals surface area contributed by atoms with Crippen molar-refractivity contribution in [2.45, 2.75) is 19.8 Å². The lowest BCUT2D eigenvalue weighted by molar-refractivity contribution is -0.146. The molecule has 0 unspecified atom stereocenters. The maximum atomic E-state index is 11.4. The van der Waals surface area contributed by atoms with Gasteiger partial charge in [-0.05, 0) is 18.6 Å². The summed E-state index contributed by atoms with van der Waals surface area (Å²) in [6, 6.07) is 7.59.